The van der Waals surface area contributed by atoms with Crippen molar-refractivity contribution in [2.24, 2.45) is 0 Å². The second-order valence-electron chi connectivity index (χ2n) is 7.94. The Morgan fingerprint density at radius 2 is 1.80 bits per heavy atom. The minimum Gasteiger partial charge on any atom is -0.340 e. The molecular weight excluding hydrogens is 476 g/mol. The van der Waals surface area contributed by atoms with E-state index < -0.39 is 29.4 Å². The van der Waals surface area contributed by atoms with Crippen LogP contribution in [0.25, 0.3) is 0 Å². The molecule has 35 heavy (non-hydrogen) atoms. The van der Waals surface area contributed by atoms with Gasteiger partial charge in [-0.2, -0.15) is 13.2 Å². The first-order valence-electron chi connectivity index (χ1n) is 10.6. The third-order valence-corrected chi connectivity index (χ3v) is 5.72. The largest absolute Gasteiger partial charge is 0.493 e. The molecular formula is C22H22F4N4O5. The third kappa shape index (κ3) is 5.49. The van der Waals surface area contributed by atoms with Crippen LogP contribution in [-0.4, -0.2) is 69.9 Å². The molecule has 0 atom stereocenters. The Morgan fingerprint density at radius 3 is 2.40 bits per heavy atom. The van der Waals surface area contributed by atoms with Crippen molar-refractivity contribution >= 4 is 17.8 Å². The molecule has 13 heteroatoms. The van der Waals surface area contributed by atoms with Crippen LogP contribution in [0.15, 0.2) is 23.0 Å². The lowest BCUT2D eigenvalue weighted by atomic mass is 10.0. The third-order valence-electron chi connectivity index (χ3n) is 5.72. The summed E-state index contributed by atoms with van der Waals surface area (Å²) in [5.41, 5.74) is -0.575. The molecule has 0 radical (unpaired) electrons. The van der Waals surface area contributed by atoms with E-state index in [0.29, 0.717) is 24.2 Å². The molecule has 1 aliphatic rings. The number of hydrogen-bond donors (Lipinski definition) is 0. The van der Waals surface area contributed by atoms with Crippen molar-refractivity contribution in [2.75, 3.05) is 26.2 Å². The molecule has 3 rings (SSSR count). The predicted octanol–water partition coefficient (Wildman–Crippen LogP) is 1.41. The quantitative estimate of drug-likeness (QED) is 0.578. The lowest BCUT2D eigenvalue weighted by Crippen LogP contribution is -2.52. The minimum atomic E-state index is -5.34. The van der Waals surface area contributed by atoms with Gasteiger partial charge in [0.15, 0.2) is 0 Å². The molecule has 2 aromatic rings. The van der Waals surface area contributed by atoms with E-state index in [1.807, 2.05) is 6.92 Å². The number of aromatic nitrogens is 2. The van der Waals surface area contributed by atoms with Crippen molar-refractivity contribution in [2.45, 2.75) is 33.4 Å². The Kier molecular flexibility index (Phi) is 7.27. The number of halogens is 4. The van der Waals surface area contributed by atoms with Crippen LogP contribution >= 0.6 is 0 Å². The van der Waals surface area contributed by atoms with Gasteiger partial charge in [-0.15, -0.1) is 5.10 Å². The van der Waals surface area contributed by atoms with E-state index in [4.69, 9.17) is 0 Å². The molecule has 1 saturated heterocycles. The number of amides is 2. The van der Waals surface area contributed by atoms with Gasteiger partial charge >= 0.3 is 17.7 Å². The number of likely N-dealkylation sites (N-methyl/N-ethyl adjacent to an activating group) is 1. The van der Waals surface area contributed by atoms with Gasteiger partial charge in [0.05, 0.1) is 11.3 Å². The van der Waals surface area contributed by atoms with E-state index in [-0.39, 0.29) is 47.1 Å². The first kappa shape index (κ1) is 25.8. The number of hydrogen-bond acceptors (Lipinski definition) is 6. The summed E-state index contributed by atoms with van der Waals surface area (Å²) in [5.74, 6) is -4.37. The summed E-state index contributed by atoms with van der Waals surface area (Å²) >= 11 is 0. The molecule has 9 nitrogen and oxygen atoms in total. The molecule has 2 heterocycles. The zero-order valence-corrected chi connectivity index (χ0v) is 19.1. The molecule has 0 spiro atoms. The topological polar surface area (TPSA) is 102 Å². The highest BCUT2D eigenvalue weighted by atomic mass is 19.4. The van der Waals surface area contributed by atoms with Crippen LogP contribution in [0.5, 0.6) is 0 Å². The summed E-state index contributed by atoms with van der Waals surface area (Å²) in [6.45, 7) is 5.50. The van der Waals surface area contributed by atoms with Gasteiger partial charge in [0.1, 0.15) is 12.4 Å². The fourth-order valence-corrected chi connectivity index (χ4v) is 3.54. The molecule has 0 bridgehead atoms. The SMILES string of the molecule is CCN1CCN(C(=O)c2cc(Cc3nn(OC(=O)C(F)(F)F)c(=O)c(C)c3C)ccc2F)CC1=O. The van der Waals surface area contributed by atoms with Crippen LogP contribution in [0.4, 0.5) is 17.6 Å². The average Bonchev–Trinajstić information content (AvgIpc) is 2.80. The average molecular weight is 498 g/mol. The van der Waals surface area contributed by atoms with E-state index in [0.717, 1.165) is 6.07 Å². The maximum absolute atomic E-state index is 14.5. The predicted molar refractivity (Wildman–Crippen MR) is 113 cm³/mol. The molecule has 1 aliphatic heterocycles. The number of piperazine rings is 1. The fraction of sp³-hybridized carbons (Fsp3) is 0.409. The van der Waals surface area contributed by atoms with Crippen molar-refractivity contribution in [1.82, 2.24) is 19.7 Å². The maximum Gasteiger partial charge on any atom is 0.493 e. The monoisotopic (exact) mass is 498 g/mol. The molecule has 0 N–H and O–H groups in total. The van der Waals surface area contributed by atoms with E-state index >= 15 is 0 Å². The first-order valence-corrected chi connectivity index (χ1v) is 10.6. The van der Waals surface area contributed by atoms with Gasteiger partial charge in [0.25, 0.3) is 5.91 Å². The smallest absolute Gasteiger partial charge is 0.340 e. The lowest BCUT2D eigenvalue weighted by Gasteiger charge is -2.33. The van der Waals surface area contributed by atoms with Crippen LogP contribution in [0, 0.1) is 19.7 Å². The first-order chi connectivity index (χ1) is 16.3. The second-order valence-corrected chi connectivity index (χ2v) is 7.94. The van der Waals surface area contributed by atoms with E-state index in [9.17, 15) is 36.7 Å². The minimum absolute atomic E-state index is 0.00399. The van der Waals surface area contributed by atoms with E-state index in [1.165, 1.54) is 30.9 Å². The van der Waals surface area contributed by atoms with Crippen molar-refractivity contribution in [1.29, 1.82) is 0 Å². The summed E-state index contributed by atoms with van der Waals surface area (Å²) in [6.07, 6.45) is -5.45. The van der Waals surface area contributed by atoms with Gasteiger partial charge in [-0.3, -0.25) is 14.4 Å². The summed E-state index contributed by atoms with van der Waals surface area (Å²) in [6, 6.07) is 3.65. The summed E-state index contributed by atoms with van der Waals surface area (Å²) < 4.78 is 52.2. The number of benzene rings is 1. The van der Waals surface area contributed by atoms with Crippen molar-refractivity contribution in [3.63, 3.8) is 0 Å². The van der Waals surface area contributed by atoms with Crippen molar-refractivity contribution in [3.05, 3.63) is 62.3 Å². The van der Waals surface area contributed by atoms with Crippen LogP contribution in [0.1, 0.15) is 39.7 Å². The molecule has 0 saturated carbocycles. The van der Waals surface area contributed by atoms with Crippen LogP contribution in [0.2, 0.25) is 0 Å². The van der Waals surface area contributed by atoms with Gasteiger partial charge in [0, 0.05) is 31.6 Å². The highest BCUT2D eigenvalue weighted by Gasteiger charge is 2.42. The Bertz CT molecular complexity index is 1240. The van der Waals surface area contributed by atoms with Gasteiger partial charge in [0.2, 0.25) is 5.91 Å². The number of carbonyl (C=O) groups is 3. The summed E-state index contributed by atoms with van der Waals surface area (Å²) in [7, 11) is 0. The number of rotatable bonds is 5. The molecule has 0 aliphatic carbocycles. The summed E-state index contributed by atoms with van der Waals surface area (Å²) in [5, 5.41) is 3.72. The lowest BCUT2D eigenvalue weighted by molar-refractivity contribution is -0.202. The molecule has 1 aromatic carbocycles. The van der Waals surface area contributed by atoms with Gasteiger partial charge in [-0.1, -0.05) is 6.07 Å². The highest BCUT2D eigenvalue weighted by molar-refractivity contribution is 5.97. The molecule has 1 aromatic heterocycles. The van der Waals surface area contributed by atoms with E-state index in [2.05, 4.69) is 9.94 Å². The second kappa shape index (κ2) is 9.84. The van der Waals surface area contributed by atoms with Crippen LogP contribution < -0.4 is 10.4 Å². The highest BCUT2D eigenvalue weighted by Crippen LogP contribution is 2.19. The van der Waals surface area contributed by atoms with Gasteiger partial charge < -0.3 is 14.6 Å². The molecule has 2 amide bonds. The molecule has 188 valence electrons. The fourth-order valence-electron chi connectivity index (χ4n) is 3.54. The molecule has 1 fully saturated rings. The normalized spacial score (nSPS) is 14.3. The zero-order valence-electron chi connectivity index (χ0n) is 19.1. The number of carbonyl (C=O) groups excluding carboxylic acids is 3. The number of nitrogens with zero attached hydrogens (tertiary/aromatic N) is 4. The Morgan fingerprint density at radius 1 is 1.11 bits per heavy atom. The Balaban J connectivity index is 1.89. The van der Waals surface area contributed by atoms with Crippen LogP contribution in [-0.2, 0) is 16.0 Å². The van der Waals surface area contributed by atoms with Crippen molar-refractivity contribution < 1.29 is 36.8 Å². The van der Waals surface area contributed by atoms with Gasteiger partial charge in [-0.05, 0) is 48.9 Å². The number of alkyl halides is 3. The standard InChI is InChI=1S/C22H22F4N4O5/c1-4-28-7-8-29(11-18(28)31)20(33)15-9-14(5-6-16(15)23)10-17-12(2)13(3)19(32)30(27-17)35-21(34)22(24,25)26/h5-6,9H,4,7-8,10-11H2,1-3H3. The maximum atomic E-state index is 14.5. The van der Waals surface area contributed by atoms with Crippen molar-refractivity contribution in [3.8, 4) is 0 Å². The Hall–Kier alpha value is -3.77. The van der Waals surface area contributed by atoms with E-state index in [1.54, 1.807) is 4.90 Å². The van der Waals surface area contributed by atoms with Crippen LogP contribution in [0.3, 0.4) is 0 Å². The zero-order chi connectivity index (χ0) is 26.1. The molecule has 0 unspecified atom stereocenters. The summed E-state index contributed by atoms with van der Waals surface area (Å²) in [4.78, 5) is 55.3. The van der Waals surface area contributed by atoms with Gasteiger partial charge in [-0.25, -0.2) is 9.18 Å². The Labute approximate surface area is 196 Å².